The van der Waals surface area contributed by atoms with E-state index in [4.69, 9.17) is 0 Å². The summed E-state index contributed by atoms with van der Waals surface area (Å²) in [7, 11) is -3.51. The molecule has 0 spiro atoms. The van der Waals surface area contributed by atoms with E-state index in [2.05, 4.69) is 70.0 Å². The van der Waals surface area contributed by atoms with Crippen LogP contribution in [-0.2, 0) is 36.0 Å². The van der Waals surface area contributed by atoms with Crippen LogP contribution < -0.4 is 4.72 Å². The minimum Gasteiger partial charge on any atom is -0.299 e. The van der Waals surface area contributed by atoms with Crippen LogP contribution >= 0.6 is 0 Å². The summed E-state index contributed by atoms with van der Waals surface area (Å²) < 4.78 is 29.2. The number of nitrogens with zero attached hydrogens (tertiary/aromatic N) is 2. The SMILES string of the molecule is Cc1ccc(CN2CCc3ccc(S(=O)(=O)NCC4CCN(Cc5ccccc5)CC4)cc3CC2)cc1. The normalized spacial score (nSPS) is 17.9. The van der Waals surface area contributed by atoms with E-state index in [1.807, 2.05) is 18.2 Å². The van der Waals surface area contributed by atoms with Gasteiger partial charge < -0.3 is 0 Å². The highest BCUT2D eigenvalue weighted by molar-refractivity contribution is 7.89. The topological polar surface area (TPSA) is 52.7 Å². The molecule has 0 bridgehead atoms. The van der Waals surface area contributed by atoms with Gasteiger partial charge >= 0.3 is 0 Å². The van der Waals surface area contributed by atoms with Crippen LogP contribution in [-0.4, -0.2) is 50.9 Å². The summed E-state index contributed by atoms with van der Waals surface area (Å²) in [6, 6.07) is 25.0. The summed E-state index contributed by atoms with van der Waals surface area (Å²) in [5.41, 5.74) is 6.39. The smallest absolute Gasteiger partial charge is 0.240 e. The van der Waals surface area contributed by atoms with Gasteiger partial charge in [-0.15, -0.1) is 0 Å². The largest absolute Gasteiger partial charge is 0.299 e. The van der Waals surface area contributed by atoms with Crippen molar-refractivity contribution in [3.63, 3.8) is 0 Å². The number of likely N-dealkylation sites (tertiary alicyclic amines) is 1. The molecule has 0 radical (unpaired) electrons. The molecule has 37 heavy (non-hydrogen) atoms. The minimum absolute atomic E-state index is 0.387. The molecular formula is C31H39N3O2S. The van der Waals surface area contributed by atoms with Gasteiger partial charge in [-0.2, -0.15) is 0 Å². The molecule has 3 aromatic rings. The summed E-state index contributed by atoms with van der Waals surface area (Å²) in [5, 5.41) is 0. The Morgan fingerprint density at radius 3 is 2.08 bits per heavy atom. The van der Waals surface area contributed by atoms with Crippen LogP contribution in [0.4, 0.5) is 0 Å². The molecule has 1 saturated heterocycles. The Morgan fingerprint density at radius 1 is 0.757 bits per heavy atom. The van der Waals surface area contributed by atoms with Gasteiger partial charge in [0.2, 0.25) is 10.0 Å². The lowest BCUT2D eigenvalue weighted by Gasteiger charge is -2.32. The molecule has 6 heteroatoms. The van der Waals surface area contributed by atoms with Gasteiger partial charge in [0, 0.05) is 32.7 Å². The van der Waals surface area contributed by atoms with E-state index < -0.39 is 10.0 Å². The predicted octanol–water partition coefficient (Wildman–Crippen LogP) is 4.79. The van der Waals surface area contributed by atoms with Crippen LogP contribution in [0, 0.1) is 12.8 Å². The van der Waals surface area contributed by atoms with Crippen molar-refractivity contribution in [3.05, 3.63) is 101 Å². The molecule has 0 aromatic heterocycles. The van der Waals surface area contributed by atoms with Crippen LogP contribution in [0.25, 0.3) is 0 Å². The lowest BCUT2D eigenvalue weighted by atomic mass is 9.97. The maximum Gasteiger partial charge on any atom is 0.240 e. The summed E-state index contributed by atoms with van der Waals surface area (Å²) in [5.74, 6) is 0.387. The average molecular weight is 518 g/mol. The zero-order valence-electron chi connectivity index (χ0n) is 21.9. The number of fused-ring (bicyclic) bond motifs is 1. The number of benzene rings is 3. The Kier molecular flexibility index (Phi) is 8.40. The van der Waals surface area contributed by atoms with Crippen molar-refractivity contribution in [1.82, 2.24) is 14.5 Å². The number of nitrogens with one attached hydrogen (secondary N) is 1. The zero-order chi connectivity index (χ0) is 25.7. The average Bonchev–Trinajstić information content (AvgIpc) is 3.12. The molecule has 0 amide bonds. The molecule has 0 aliphatic carbocycles. The Labute approximate surface area is 222 Å². The molecule has 2 heterocycles. The van der Waals surface area contributed by atoms with Gasteiger partial charge in [0.05, 0.1) is 4.90 Å². The van der Waals surface area contributed by atoms with Crippen molar-refractivity contribution in [3.8, 4) is 0 Å². The van der Waals surface area contributed by atoms with E-state index in [1.54, 1.807) is 6.07 Å². The van der Waals surface area contributed by atoms with Crippen molar-refractivity contribution in [2.24, 2.45) is 5.92 Å². The van der Waals surface area contributed by atoms with Gasteiger partial charge in [0.1, 0.15) is 0 Å². The van der Waals surface area contributed by atoms with Crippen LogP contribution in [0.2, 0.25) is 0 Å². The number of hydrogen-bond donors (Lipinski definition) is 1. The van der Waals surface area contributed by atoms with Crippen molar-refractivity contribution >= 4 is 10.0 Å². The second-order valence-corrected chi connectivity index (χ2v) is 12.5. The second-order valence-electron chi connectivity index (χ2n) is 10.7. The summed E-state index contributed by atoms with van der Waals surface area (Å²) in [4.78, 5) is 5.34. The lowest BCUT2D eigenvalue weighted by Crippen LogP contribution is -2.38. The van der Waals surface area contributed by atoms with E-state index in [0.717, 1.165) is 65.0 Å². The molecule has 3 aromatic carbocycles. The van der Waals surface area contributed by atoms with Crippen LogP contribution in [0.5, 0.6) is 0 Å². The first-order valence-electron chi connectivity index (χ1n) is 13.6. The molecule has 5 rings (SSSR count). The Balaban J connectivity index is 1.13. The highest BCUT2D eigenvalue weighted by atomic mass is 32.2. The number of piperidine rings is 1. The van der Waals surface area contributed by atoms with Crippen molar-refractivity contribution in [1.29, 1.82) is 0 Å². The van der Waals surface area contributed by atoms with E-state index in [1.165, 1.54) is 27.8 Å². The van der Waals surface area contributed by atoms with Gasteiger partial charge in [0.15, 0.2) is 0 Å². The molecule has 0 unspecified atom stereocenters. The standard InChI is InChI=1S/C31H39N3O2S/c1-25-7-9-28(10-8-25)24-34-19-15-29-11-12-31(21-30(29)16-20-34)37(35,36)32-22-26-13-17-33(18-14-26)23-27-5-3-2-4-6-27/h2-12,21,26,32H,13-20,22-24H2,1H3. The van der Waals surface area contributed by atoms with Gasteiger partial charge in [-0.25, -0.2) is 13.1 Å². The first kappa shape index (κ1) is 26.1. The van der Waals surface area contributed by atoms with Gasteiger partial charge in [-0.05, 0) is 86.0 Å². The number of sulfonamides is 1. The van der Waals surface area contributed by atoms with Crippen molar-refractivity contribution < 1.29 is 8.42 Å². The molecule has 2 aliphatic heterocycles. The molecule has 0 saturated carbocycles. The summed E-state index contributed by atoms with van der Waals surface area (Å²) in [6.45, 7) is 8.50. The Morgan fingerprint density at radius 2 is 1.38 bits per heavy atom. The highest BCUT2D eigenvalue weighted by Gasteiger charge is 2.23. The third kappa shape index (κ3) is 7.08. The van der Waals surface area contributed by atoms with Gasteiger partial charge in [-0.3, -0.25) is 9.80 Å². The molecule has 1 fully saturated rings. The van der Waals surface area contributed by atoms with Crippen molar-refractivity contribution in [2.75, 3.05) is 32.7 Å². The first-order chi connectivity index (χ1) is 17.9. The van der Waals surface area contributed by atoms with E-state index in [-0.39, 0.29) is 0 Å². The quantitative estimate of drug-likeness (QED) is 0.467. The van der Waals surface area contributed by atoms with E-state index in [9.17, 15) is 8.42 Å². The number of aryl methyl sites for hydroxylation is 1. The number of rotatable bonds is 8. The Hall–Kier alpha value is -2.51. The second kappa shape index (κ2) is 11.9. The molecule has 2 aliphatic rings. The Bertz CT molecular complexity index is 1270. The fourth-order valence-corrected chi connectivity index (χ4v) is 6.69. The third-order valence-electron chi connectivity index (χ3n) is 7.93. The maximum atomic E-state index is 13.2. The first-order valence-corrected chi connectivity index (χ1v) is 15.1. The van der Waals surface area contributed by atoms with Crippen LogP contribution in [0.15, 0.2) is 77.7 Å². The fourth-order valence-electron chi connectivity index (χ4n) is 5.53. The molecule has 0 atom stereocenters. The monoisotopic (exact) mass is 517 g/mol. The molecule has 5 nitrogen and oxygen atoms in total. The van der Waals surface area contributed by atoms with E-state index >= 15 is 0 Å². The van der Waals surface area contributed by atoms with Crippen LogP contribution in [0.1, 0.15) is 40.7 Å². The zero-order valence-corrected chi connectivity index (χ0v) is 22.7. The third-order valence-corrected chi connectivity index (χ3v) is 9.35. The number of hydrogen-bond acceptors (Lipinski definition) is 4. The summed E-state index contributed by atoms with van der Waals surface area (Å²) >= 11 is 0. The van der Waals surface area contributed by atoms with Crippen molar-refractivity contribution in [2.45, 2.75) is 50.6 Å². The maximum absolute atomic E-state index is 13.2. The highest BCUT2D eigenvalue weighted by Crippen LogP contribution is 2.23. The molecule has 196 valence electrons. The van der Waals surface area contributed by atoms with Crippen LogP contribution in [0.3, 0.4) is 0 Å². The predicted molar refractivity (Wildman–Crippen MR) is 150 cm³/mol. The van der Waals surface area contributed by atoms with Gasteiger partial charge in [0.25, 0.3) is 0 Å². The summed E-state index contributed by atoms with van der Waals surface area (Å²) in [6.07, 6.45) is 3.88. The van der Waals surface area contributed by atoms with E-state index in [0.29, 0.717) is 17.4 Å². The fraction of sp³-hybridized carbons (Fsp3) is 0.419. The minimum atomic E-state index is -3.51. The lowest BCUT2D eigenvalue weighted by molar-refractivity contribution is 0.178. The molecule has 1 N–H and O–H groups in total. The molecular weight excluding hydrogens is 478 g/mol. The van der Waals surface area contributed by atoms with Gasteiger partial charge in [-0.1, -0.05) is 66.2 Å².